The number of allylic oxidation sites excluding steroid dienone is 5. The van der Waals surface area contributed by atoms with Crippen LogP contribution in [0.15, 0.2) is 59.6 Å². The first kappa shape index (κ1) is 29.0. The number of halogens is 1. The Bertz CT molecular complexity index is 869. The predicted molar refractivity (Wildman–Crippen MR) is 150 cm³/mol. The van der Waals surface area contributed by atoms with Crippen LogP contribution >= 0.6 is 0 Å². The zero-order valence-electron chi connectivity index (χ0n) is 23.2. The van der Waals surface area contributed by atoms with Gasteiger partial charge in [-0.1, -0.05) is 58.3 Å². The van der Waals surface area contributed by atoms with Gasteiger partial charge < -0.3 is 9.80 Å². The van der Waals surface area contributed by atoms with Gasteiger partial charge in [-0.05, 0) is 76.0 Å². The van der Waals surface area contributed by atoms with Crippen LogP contribution < -0.4 is 0 Å². The van der Waals surface area contributed by atoms with E-state index < -0.39 is 5.67 Å². The van der Waals surface area contributed by atoms with Gasteiger partial charge in [-0.25, -0.2) is 4.39 Å². The number of hydrogen-bond acceptors (Lipinski definition) is 2. The highest BCUT2D eigenvalue weighted by Crippen LogP contribution is 2.40. The molecule has 0 saturated heterocycles. The van der Waals surface area contributed by atoms with E-state index in [0.29, 0.717) is 12.8 Å². The minimum Gasteiger partial charge on any atom is -0.371 e. The van der Waals surface area contributed by atoms with Gasteiger partial charge >= 0.3 is 0 Å². The summed E-state index contributed by atoms with van der Waals surface area (Å²) in [5, 5.41) is 0. The summed E-state index contributed by atoms with van der Waals surface area (Å²) >= 11 is 0. The largest absolute Gasteiger partial charge is 0.371 e. The second kappa shape index (κ2) is 14.4. The summed E-state index contributed by atoms with van der Waals surface area (Å²) in [7, 11) is 2.15. The minimum absolute atomic E-state index is 0.279. The van der Waals surface area contributed by atoms with E-state index in [1.165, 1.54) is 42.5 Å². The summed E-state index contributed by atoms with van der Waals surface area (Å²) in [6.07, 6.45) is 17.8. The second-order valence-electron chi connectivity index (χ2n) is 10.7. The van der Waals surface area contributed by atoms with E-state index in [4.69, 9.17) is 0 Å². The summed E-state index contributed by atoms with van der Waals surface area (Å²) in [5.74, 6) is 6.82. The van der Waals surface area contributed by atoms with Crippen LogP contribution in [0.25, 0.3) is 0 Å². The SMILES string of the molecule is C=C1/C=C(C)\C=C/N(C)/C(CCCCCCC#CC2CC(C)(F)C2)=C\1C(=C)N(CCC)CCCC. The van der Waals surface area contributed by atoms with Crippen molar-refractivity contribution in [3.05, 3.63) is 59.6 Å². The number of nitrogens with zero attached hydrogens (tertiary/aromatic N) is 2. The van der Waals surface area contributed by atoms with Crippen molar-refractivity contribution in [2.45, 2.75) is 104 Å². The molecule has 0 bridgehead atoms. The molecule has 0 N–H and O–H groups in total. The Kier molecular flexibility index (Phi) is 11.9. The third kappa shape index (κ3) is 9.40. The summed E-state index contributed by atoms with van der Waals surface area (Å²) in [6.45, 7) is 19.4. The molecular formula is C32H49FN2. The molecule has 0 atom stereocenters. The lowest BCUT2D eigenvalue weighted by molar-refractivity contribution is 0.0520. The Hall–Kier alpha value is -2.21. The normalized spacial score (nSPS) is 26.6. The lowest BCUT2D eigenvalue weighted by Crippen LogP contribution is -2.35. The van der Waals surface area contributed by atoms with Gasteiger partial charge in [0, 0.05) is 55.6 Å². The zero-order valence-corrected chi connectivity index (χ0v) is 23.2. The van der Waals surface area contributed by atoms with Gasteiger partial charge in [-0.2, -0.15) is 0 Å². The van der Waals surface area contributed by atoms with Crippen molar-refractivity contribution in [3.8, 4) is 11.8 Å². The van der Waals surface area contributed by atoms with Crippen molar-refractivity contribution >= 4 is 0 Å². The van der Waals surface area contributed by atoms with Crippen molar-refractivity contribution in [2.24, 2.45) is 5.92 Å². The second-order valence-corrected chi connectivity index (χ2v) is 10.7. The van der Waals surface area contributed by atoms with E-state index in [-0.39, 0.29) is 5.92 Å². The molecule has 0 spiro atoms. The molecule has 0 aromatic rings. The molecule has 0 aromatic heterocycles. The van der Waals surface area contributed by atoms with E-state index in [0.717, 1.165) is 56.5 Å². The molecule has 1 fully saturated rings. The maximum Gasteiger partial charge on any atom is 0.110 e. The molecule has 0 amide bonds. The Morgan fingerprint density at radius 1 is 1.14 bits per heavy atom. The van der Waals surface area contributed by atoms with Crippen molar-refractivity contribution in [1.82, 2.24) is 9.80 Å². The number of unbranched alkanes of at least 4 members (excludes halogenated alkanes) is 5. The van der Waals surface area contributed by atoms with Gasteiger partial charge in [-0.15, -0.1) is 5.92 Å². The third-order valence-corrected chi connectivity index (χ3v) is 7.06. The van der Waals surface area contributed by atoms with Crippen LogP contribution in [0.2, 0.25) is 0 Å². The minimum atomic E-state index is -0.971. The predicted octanol–water partition coefficient (Wildman–Crippen LogP) is 8.71. The topological polar surface area (TPSA) is 6.48 Å². The first-order valence-electron chi connectivity index (χ1n) is 13.8. The molecule has 0 unspecified atom stereocenters. The van der Waals surface area contributed by atoms with Crippen molar-refractivity contribution in [3.63, 3.8) is 0 Å². The molecule has 0 aromatic carbocycles. The van der Waals surface area contributed by atoms with Crippen LogP contribution in [0, 0.1) is 17.8 Å². The number of rotatable bonds is 13. The summed E-state index contributed by atoms with van der Waals surface area (Å²) in [6, 6.07) is 0. The monoisotopic (exact) mass is 480 g/mol. The first-order valence-corrected chi connectivity index (χ1v) is 13.8. The maximum atomic E-state index is 13.6. The fourth-order valence-corrected chi connectivity index (χ4v) is 5.03. The van der Waals surface area contributed by atoms with Crippen LogP contribution in [0.3, 0.4) is 0 Å². The van der Waals surface area contributed by atoms with Crippen LogP contribution in [0.4, 0.5) is 4.39 Å². The highest BCUT2D eigenvalue weighted by Gasteiger charge is 2.39. The van der Waals surface area contributed by atoms with E-state index in [2.05, 4.69) is 81.0 Å². The molecule has 2 nitrogen and oxygen atoms in total. The molecule has 2 rings (SSSR count). The highest BCUT2D eigenvalue weighted by atomic mass is 19.1. The molecule has 194 valence electrons. The third-order valence-electron chi connectivity index (χ3n) is 7.06. The lowest BCUT2D eigenvalue weighted by atomic mass is 9.74. The lowest BCUT2D eigenvalue weighted by Gasteiger charge is -2.35. The molecule has 0 radical (unpaired) electrons. The first-order chi connectivity index (χ1) is 16.7. The molecule has 1 saturated carbocycles. The molecular weight excluding hydrogens is 431 g/mol. The number of alkyl halides is 1. The van der Waals surface area contributed by atoms with Crippen molar-refractivity contribution in [2.75, 3.05) is 20.1 Å². The smallest absolute Gasteiger partial charge is 0.110 e. The quantitative estimate of drug-likeness (QED) is 0.192. The van der Waals surface area contributed by atoms with Gasteiger partial charge in [0.25, 0.3) is 0 Å². The van der Waals surface area contributed by atoms with E-state index in [9.17, 15) is 4.39 Å². The molecule has 35 heavy (non-hydrogen) atoms. The number of hydrogen-bond donors (Lipinski definition) is 0. The zero-order chi connectivity index (χ0) is 25.8. The standard InChI is InChI=1S/C32H49FN2/c1-8-10-21-35(20-9-2)28(5)31-27(4)23-26(3)19-22-34(7)30(31)18-16-14-12-11-13-15-17-29-24-32(6,33)25-29/h19,22-23,29H,4-5,8-14,16,18,20-21,24-25H2,1-3,6-7H3/b22-19-,26-23-,31-30+. The molecule has 3 heteroatoms. The van der Waals surface area contributed by atoms with Crippen LogP contribution in [-0.4, -0.2) is 35.6 Å². The Morgan fingerprint density at radius 2 is 1.86 bits per heavy atom. The molecule has 1 aliphatic carbocycles. The molecule has 1 heterocycles. The van der Waals surface area contributed by atoms with E-state index >= 15 is 0 Å². The highest BCUT2D eigenvalue weighted by molar-refractivity contribution is 5.54. The Morgan fingerprint density at radius 3 is 2.51 bits per heavy atom. The van der Waals surface area contributed by atoms with Gasteiger partial charge in [0.2, 0.25) is 0 Å². The fraction of sp³-hybridized carbons (Fsp3) is 0.625. The van der Waals surface area contributed by atoms with Crippen LogP contribution in [-0.2, 0) is 0 Å². The fourth-order valence-electron chi connectivity index (χ4n) is 5.03. The summed E-state index contributed by atoms with van der Waals surface area (Å²) in [4.78, 5) is 4.73. The van der Waals surface area contributed by atoms with Crippen molar-refractivity contribution in [1.29, 1.82) is 0 Å². The average Bonchev–Trinajstić information content (AvgIpc) is 2.78. The summed E-state index contributed by atoms with van der Waals surface area (Å²) < 4.78 is 13.6. The molecule has 1 aliphatic heterocycles. The van der Waals surface area contributed by atoms with E-state index in [1.54, 1.807) is 6.92 Å². The van der Waals surface area contributed by atoms with Gasteiger partial charge in [-0.3, -0.25) is 0 Å². The van der Waals surface area contributed by atoms with Crippen LogP contribution in [0.1, 0.15) is 98.3 Å². The van der Waals surface area contributed by atoms with Gasteiger partial charge in [0.05, 0.1) is 0 Å². The van der Waals surface area contributed by atoms with E-state index in [1.807, 2.05) is 0 Å². The molecule has 2 aliphatic rings. The van der Waals surface area contributed by atoms with Gasteiger partial charge in [0.1, 0.15) is 5.67 Å². The summed E-state index contributed by atoms with van der Waals surface area (Å²) in [5.41, 5.74) is 4.94. The van der Waals surface area contributed by atoms with Gasteiger partial charge in [0.15, 0.2) is 0 Å². The van der Waals surface area contributed by atoms with Crippen LogP contribution in [0.5, 0.6) is 0 Å². The Balaban J connectivity index is 2.01. The Labute approximate surface area is 215 Å². The maximum absolute atomic E-state index is 13.6. The van der Waals surface area contributed by atoms with Crippen molar-refractivity contribution < 1.29 is 4.39 Å². The average molecular weight is 481 g/mol.